The summed E-state index contributed by atoms with van der Waals surface area (Å²) in [6.07, 6.45) is 8.12. The van der Waals surface area contributed by atoms with Crippen LogP contribution in [0.15, 0.2) is 364 Å². The average Bonchev–Trinajstić information content (AvgIpc) is 0.870. The lowest BCUT2D eigenvalue weighted by atomic mass is 10.0. The fraction of sp³-hybridized carbons (Fsp3) is 0.144. The number of aryl methyl sites for hydroxylation is 10. The Morgan fingerprint density at radius 1 is 0.248 bits per heavy atom. The number of rotatable bonds is 37. The van der Waals surface area contributed by atoms with Crippen molar-refractivity contribution in [2.24, 2.45) is 0 Å². The Hall–Kier alpha value is -15.3. The molecule has 15 aromatic carbocycles. The van der Waals surface area contributed by atoms with Crippen molar-refractivity contribution in [3.05, 3.63) is 500 Å². The first-order valence-electron chi connectivity index (χ1n) is 42.8. The molecule has 0 saturated carbocycles. The molecule has 0 saturated heterocycles. The van der Waals surface area contributed by atoms with Crippen molar-refractivity contribution in [2.75, 3.05) is 7.11 Å². The molecule has 22 heteroatoms. The standard InChI is InChI=1S/C23H22O4.C22H18Cl2O3.C22H19ClO3.C22H19NO5.C22H20O3/c1-26-21-11-9-19(10-12-21)16-27-22-13-7-17(8-14-22)5-6-18-3-2-4-20(15-18)23(24)25;23-19-9-8-18(21(24)13-19)14-27-20-10-6-15(7-11-20)4-5-16-2-1-3-17(12-16)22(25)26;23-20-10-6-18(7-11-20)15-26-21-12-8-16(9-13-21)4-5-17-2-1-3-19(14-17)22(24)25;24-22(25)19-3-1-2-17(14-19)5-4-16-8-12-21(13-9-16)28-15-18-6-10-20(11-7-18)23(26)27;23-22(24)20-8-4-7-18(15-20)10-9-17-11-13-21(14-12-17)25-16-19-5-2-1-3-6-19/h2-4,7-15H,5-6,16H2,1H3,(H,24,25);1-3,6-13H,4-5,14H2,(H,25,26);1-3,6-14H,4-5,15H2,(H,24,25);1-3,6-14H,4-5,15H2,(H,24,25);1-8,11-15H,9-10,16H2,(H,23,24). The van der Waals surface area contributed by atoms with Gasteiger partial charge in [0.05, 0.1) is 39.9 Å². The largest absolute Gasteiger partial charge is 0.497 e. The molecule has 5 N–H and O–H groups in total. The molecule has 0 amide bonds. The van der Waals surface area contributed by atoms with E-state index in [1.807, 2.05) is 224 Å². The molecule has 0 aliphatic heterocycles. The number of carboxylic acids is 5. The number of non-ortho nitro benzene ring substituents is 1. The van der Waals surface area contributed by atoms with Gasteiger partial charge in [-0.1, -0.05) is 217 Å². The lowest BCUT2D eigenvalue weighted by Gasteiger charge is -2.09. The third kappa shape index (κ3) is 34.3. The van der Waals surface area contributed by atoms with Gasteiger partial charge in [0, 0.05) is 32.8 Å². The Balaban J connectivity index is 0.000000160. The minimum absolute atomic E-state index is 0.0574. The van der Waals surface area contributed by atoms with Crippen LogP contribution >= 0.6 is 34.8 Å². The summed E-state index contributed by atoms with van der Waals surface area (Å²) in [5, 5.41) is 57.8. The summed E-state index contributed by atoms with van der Waals surface area (Å²) in [6, 6.07) is 112. The first kappa shape index (κ1) is 98.3. The smallest absolute Gasteiger partial charge is 0.335 e. The second-order valence-corrected chi connectivity index (χ2v) is 32.1. The van der Waals surface area contributed by atoms with Crippen molar-refractivity contribution in [3.8, 4) is 34.5 Å². The highest BCUT2D eigenvalue weighted by atomic mass is 35.5. The van der Waals surface area contributed by atoms with Gasteiger partial charge < -0.3 is 54.0 Å². The van der Waals surface area contributed by atoms with Crippen molar-refractivity contribution in [3.63, 3.8) is 0 Å². The van der Waals surface area contributed by atoms with Crippen molar-refractivity contribution in [1.29, 1.82) is 0 Å². The maximum absolute atomic E-state index is 11.0. The summed E-state index contributed by atoms with van der Waals surface area (Å²) in [5.41, 5.74) is 17.6. The molecule has 0 unspecified atom stereocenters. The Morgan fingerprint density at radius 3 is 0.737 bits per heavy atom. The van der Waals surface area contributed by atoms with E-state index in [0.29, 0.717) is 75.9 Å². The molecule has 0 heterocycles. The third-order valence-corrected chi connectivity index (χ3v) is 21.9. The van der Waals surface area contributed by atoms with E-state index in [4.69, 9.17) is 88.8 Å². The average molecular weight is 1840 g/mol. The van der Waals surface area contributed by atoms with Crippen molar-refractivity contribution >= 4 is 70.3 Å². The maximum Gasteiger partial charge on any atom is 0.335 e. The van der Waals surface area contributed by atoms with Gasteiger partial charge >= 0.3 is 29.8 Å². The molecule has 0 aliphatic carbocycles. The maximum atomic E-state index is 11.0. The summed E-state index contributed by atoms with van der Waals surface area (Å²) < 4.78 is 34.0. The van der Waals surface area contributed by atoms with Crippen LogP contribution in [0.5, 0.6) is 34.5 Å². The zero-order valence-corrected chi connectivity index (χ0v) is 75.1. The first-order chi connectivity index (χ1) is 64.5. The van der Waals surface area contributed by atoms with E-state index >= 15 is 0 Å². The van der Waals surface area contributed by atoms with E-state index in [2.05, 4.69) is 12.1 Å². The molecule has 0 spiro atoms. The van der Waals surface area contributed by atoms with Gasteiger partial charge in [-0.05, 0) is 312 Å². The molecule has 19 nitrogen and oxygen atoms in total. The summed E-state index contributed by atoms with van der Waals surface area (Å²) in [4.78, 5) is 65.4. The highest BCUT2D eigenvalue weighted by Gasteiger charge is 2.13. The minimum Gasteiger partial charge on any atom is -0.497 e. The number of nitro benzene ring substituents is 1. The van der Waals surface area contributed by atoms with Crippen LogP contribution in [0.4, 0.5) is 5.69 Å². The molecule has 0 atom stereocenters. The van der Waals surface area contributed by atoms with Gasteiger partial charge in [0.2, 0.25) is 0 Å². The first-order valence-corrected chi connectivity index (χ1v) is 43.9. The van der Waals surface area contributed by atoms with Crippen molar-refractivity contribution < 1.29 is 82.8 Å². The molecule has 0 aromatic heterocycles. The zero-order chi connectivity index (χ0) is 94.1. The molecule has 0 bridgehead atoms. The fourth-order valence-electron chi connectivity index (χ4n) is 13.6. The highest BCUT2D eigenvalue weighted by molar-refractivity contribution is 6.35. The van der Waals surface area contributed by atoms with Crippen molar-refractivity contribution in [1.82, 2.24) is 0 Å². The fourth-order valence-corrected chi connectivity index (χ4v) is 14.2. The molecular weight excluding hydrogens is 1740 g/mol. The number of carboxylic acid groups (broad SMARTS) is 5. The number of halogens is 3. The molecule has 15 aromatic rings. The van der Waals surface area contributed by atoms with Crippen LogP contribution in [0.3, 0.4) is 0 Å². The van der Waals surface area contributed by atoms with Gasteiger partial charge in [0.1, 0.15) is 67.5 Å². The Kier molecular flexibility index (Phi) is 38.3. The monoisotopic (exact) mass is 1840 g/mol. The van der Waals surface area contributed by atoms with Gasteiger partial charge in [0.15, 0.2) is 0 Å². The zero-order valence-electron chi connectivity index (χ0n) is 72.9. The summed E-state index contributed by atoms with van der Waals surface area (Å²) in [7, 11) is 1.65. The van der Waals surface area contributed by atoms with E-state index in [-0.39, 0.29) is 5.69 Å². The lowest BCUT2D eigenvalue weighted by Crippen LogP contribution is -1.99. The molecule has 15 rings (SSSR count). The quantitative estimate of drug-likeness (QED) is 0.0179. The number of aromatic carboxylic acids is 5. The number of hydrogen-bond acceptors (Lipinski definition) is 13. The molecule has 0 radical (unpaired) electrons. The van der Waals surface area contributed by atoms with Gasteiger partial charge in [0.25, 0.3) is 5.69 Å². The topological polar surface area (TPSA) is 285 Å². The predicted octanol–water partition coefficient (Wildman–Crippen LogP) is 25.6. The minimum atomic E-state index is -0.920. The van der Waals surface area contributed by atoms with Crippen LogP contribution in [0.25, 0.3) is 0 Å². The van der Waals surface area contributed by atoms with Gasteiger partial charge in [-0.15, -0.1) is 0 Å². The molecular formula is C111H98Cl3NO18. The van der Waals surface area contributed by atoms with Gasteiger partial charge in [-0.25, -0.2) is 24.0 Å². The van der Waals surface area contributed by atoms with Crippen LogP contribution in [0.2, 0.25) is 15.1 Å². The van der Waals surface area contributed by atoms with Crippen LogP contribution in [-0.4, -0.2) is 67.4 Å². The lowest BCUT2D eigenvalue weighted by molar-refractivity contribution is -0.384. The number of benzene rings is 15. The number of carbonyl (C=O) groups is 5. The molecule has 0 fully saturated rings. The summed E-state index contributed by atoms with van der Waals surface area (Å²) in [6.45, 7) is 2.27. The molecule has 676 valence electrons. The highest BCUT2D eigenvalue weighted by Crippen LogP contribution is 2.27. The molecule has 133 heavy (non-hydrogen) atoms. The van der Waals surface area contributed by atoms with Gasteiger partial charge in [-0.3, -0.25) is 10.1 Å². The van der Waals surface area contributed by atoms with Crippen LogP contribution in [-0.2, 0) is 97.2 Å². The third-order valence-electron chi connectivity index (χ3n) is 21.1. The van der Waals surface area contributed by atoms with Crippen molar-refractivity contribution in [2.45, 2.75) is 97.2 Å². The number of nitrogens with zero attached hydrogens (tertiary/aromatic N) is 1. The second-order valence-electron chi connectivity index (χ2n) is 30.8. The summed E-state index contributed by atoms with van der Waals surface area (Å²) in [5.74, 6) is 0.297. The van der Waals surface area contributed by atoms with Gasteiger partial charge in [-0.2, -0.15) is 0 Å². The number of nitro groups is 1. The summed E-state index contributed by atoms with van der Waals surface area (Å²) >= 11 is 17.9. The van der Waals surface area contributed by atoms with E-state index in [0.717, 1.165) is 165 Å². The van der Waals surface area contributed by atoms with Crippen LogP contribution in [0.1, 0.15) is 135 Å². The van der Waals surface area contributed by atoms with E-state index in [1.54, 1.807) is 122 Å². The number of methoxy groups -OCH3 is 1. The Labute approximate surface area is 787 Å². The van der Waals surface area contributed by atoms with Crippen LogP contribution < -0.4 is 28.4 Å². The SMILES string of the molecule is COc1ccc(COc2ccc(CCc3cccc(C(=O)O)c3)cc2)cc1.O=C(O)c1cccc(CCc2ccc(OCc3ccc(Cl)cc3)cc2)c1.O=C(O)c1cccc(CCc2ccc(OCc3ccc(Cl)cc3Cl)cc2)c1.O=C(O)c1cccc(CCc2ccc(OCc3ccc([N+](=O)[O-])cc3)cc2)c1.O=C(O)c1cccc(CCc2ccc(OCc3ccccc3)cc2)c1. The predicted molar refractivity (Wildman–Crippen MR) is 518 cm³/mol. The van der Waals surface area contributed by atoms with E-state index in [9.17, 15) is 34.1 Å². The molecule has 0 aliphatic rings. The Morgan fingerprint density at radius 2 is 0.474 bits per heavy atom. The normalized spacial score (nSPS) is 10.5. The van der Waals surface area contributed by atoms with Crippen LogP contribution in [0, 0.1) is 10.1 Å². The van der Waals surface area contributed by atoms with E-state index in [1.165, 1.54) is 28.8 Å². The second kappa shape index (κ2) is 51.8. The Bertz CT molecular complexity index is 6260. The number of hydrogen-bond donors (Lipinski definition) is 5. The number of ether oxygens (including phenoxy) is 6. The van der Waals surface area contributed by atoms with E-state index < -0.39 is 34.8 Å².